The Labute approximate surface area is 340 Å². The first-order valence-electron chi connectivity index (χ1n) is 20.1. The largest absolute Gasteiger partial charge is 0.456 e. The third-order valence-electron chi connectivity index (χ3n) is 11.9. The van der Waals surface area contributed by atoms with Crippen LogP contribution in [0.5, 0.6) is 0 Å². The van der Waals surface area contributed by atoms with E-state index in [0.29, 0.717) is 0 Å². The molecule has 0 unspecified atom stereocenters. The van der Waals surface area contributed by atoms with Gasteiger partial charge in [-0.2, -0.15) is 0 Å². The van der Waals surface area contributed by atoms with Crippen LogP contribution in [0.25, 0.3) is 98.8 Å². The first kappa shape index (κ1) is 33.3. The molecular formula is C56H35NO2. The van der Waals surface area contributed by atoms with Crippen LogP contribution in [0.4, 0.5) is 17.1 Å². The summed E-state index contributed by atoms with van der Waals surface area (Å²) in [5.74, 6) is 0. The second-order valence-electron chi connectivity index (χ2n) is 15.2. The molecule has 276 valence electrons. The van der Waals surface area contributed by atoms with Gasteiger partial charge in [0.15, 0.2) is 0 Å². The SMILES string of the molecule is c1ccc2c(-c3ccc(N(c4ccc(-c5cccc6c5oc5ccccc56)cc4)c4ccc(-c5ccc6oc7ccccc7c6c5)c5ccccc45)cc3)cccc2c1. The second kappa shape index (κ2) is 13.4. The highest BCUT2D eigenvalue weighted by atomic mass is 16.3. The summed E-state index contributed by atoms with van der Waals surface area (Å²) in [6.45, 7) is 0. The lowest BCUT2D eigenvalue weighted by molar-refractivity contribution is 0.669. The van der Waals surface area contributed by atoms with Gasteiger partial charge in [0.2, 0.25) is 0 Å². The van der Waals surface area contributed by atoms with Gasteiger partial charge in [-0.25, -0.2) is 0 Å². The van der Waals surface area contributed by atoms with E-state index in [1.54, 1.807) is 0 Å². The number of hydrogen-bond acceptors (Lipinski definition) is 3. The smallest absolute Gasteiger partial charge is 0.143 e. The van der Waals surface area contributed by atoms with Crippen molar-refractivity contribution in [2.45, 2.75) is 0 Å². The zero-order valence-corrected chi connectivity index (χ0v) is 32.0. The highest BCUT2D eigenvalue weighted by molar-refractivity contribution is 6.11. The van der Waals surface area contributed by atoms with E-state index >= 15 is 0 Å². The van der Waals surface area contributed by atoms with Crippen molar-refractivity contribution in [1.29, 1.82) is 0 Å². The molecule has 59 heavy (non-hydrogen) atoms. The van der Waals surface area contributed by atoms with Crippen LogP contribution in [-0.2, 0) is 0 Å². The van der Waals surface area contributed by atoms with Crippen molar-refractivity contribution in [2.24, 2.45) is 0 Å². The van der Waals surface area contributed by atoms with Gasteiger partial charge in [0.25, 0.3) is 0 Å². The van der Waals surface area contributed by atoms with Gasteiger partial charge in [0.1, 0.15) is 22.3 Å². The second-order valence-corrected chi connectivity index (χ2v) is 15.2. The van der Waals surface area contributed by atoms with Crippen LogP contribution in [0.1, 0.15) is 0 Å². The van der Waals surface area contributed by atoms with Crippen molar-refractivity contribution in [3.8, 4) is 33.4 Å². The quantitative estimate of drug-likeness (QED) is 0.169. The number of fused-ring (bicyclic) bond motifs is 8. The fraction of sp³-hybridized carbons (Fsp3) is 0. The van der Waals surface area contributed by atoms with Crippen LogP contribution in [0.2, 0.25) is 0 Å². The zero-order valence-electron chi connectivity index (χ0n) is 32.0. The normalized spacial score (nSPS) is 11.7. The van der Waals surface area contributed by atoms with E-state index in [-0.39, 0.29) is 0 Å². The molecule has 12 rings (SSSR count). The Bertz CT molecular complexity index is 3550. The molecule has 2 aromatic heterocycles. The molecule has 0 amide bonds. The Hall–Kier alpha value is -7.88. The van der Waals surface area contributed by atoms with E-state index in [9.17, 15) is 0 Å². The molecule has 0 N–H and O–H groups in total. The van der Waals surface area contributed by atoms with Gasteiger partial charge in [-0.05, 0) is 98.6 Å². The van der Waals surface area contributed by atoms with Crippen LogP contribution in [0.15, 0.2) is 221 Å². The van der Waals surface area contributed by atoms with Crippen molar-refractivity contribution in [3.05, 3.63) is 212 Å². The minimum Gasteiger partial charge on any atom is -0.456 e. The van der Waals surface area contributed by atoms with E-state index in [1.165, 1.54) is 32.8 Å². The van der Waals surface area contributed by atoms with Crippen LogP contribution < -0.4 is 4.90 Å². The van der Waals surface area contributed by atoms with E-state index in [0.717, 1.165) is 83.0 Å². The molecule has 2 heterocycles. The summed E-state index contributed by atoms with van der Waals surface area (Å²) < 4.78 is 12.6. The maximum Gasteiger partial charge on any atom is 0.143 e. The number of anilines is 3. The molecule has 0 saturated heterocycles. The van der Waals surface area contributed by atoms with Crippen molar-refractivity contribution < 1.29 is 8.83 Å². The lowest BCUT2D eigenvalue weighted by Crippen LogP contribution is -2.10. The van der Waals surface area contributed by atoms with Gasteiger partial charge >= 0.3 is 0 Å². The Morgan fingerprint density at radius 2 is 0.797 bits per heavy atom. The first-order valence-corrected chi connectivity index (χ1v) is 20.1. The molecule has 0 fully saturated rings. The Kier molecular flexibility index (Phi) is 7.54. The van der Waals surface area contributed by atoms with Crippen LogP contribution in [0, 0.1) is 0 Å². The monoisotopic (exact) mass is 753 g/mol. The lowest BCUT2D eigenvalue weighted by atomic mass is 9.95. The highest BCUT2D eigenvalue weighted by Gasteiger charge is 2.20. The summed E-state index contributed by atoms with van der Waals surface area (Å²) in [5, 5.41) is 9.34. The van der Waals surface area contributed by atoms with Crippen molar-refractivity contribution in [1.82, 2.24) is 0 Å². The standard InChI is InChI=1S/C56H35NO2/c1-2-13-42-36(11-1)12-9-18-43(42)37-23-28-40(29-24-37)57(41-30-25-38(26-31-41)45-19-10-20-50-48-16-5-8-22-54(48)59-56(45)50)52-33-32-44(46-14-3-4-15-47(46)52)39-27-34-55-51(35-39)49-17-6-7-21-53(49)58-55/h1-35H. The third kappa shape index (κ3) is 5.44. The number of furan rings is 2. The van der Waals surface area contributed by atoms with E-state index in [4.69, 9.17) is 8.83 Å². The Balaban J connectivity index is 1.01. The van der Waals surface area contributed by atoms with Gasteiger partial charge in [0.05, 0.1) is 5.69 Å². The number of benzene rings is 10. The van der Waals surface area contributed by atoms with Crippen molar-refractivity contribution in [3.63, 3.8) is 0 Å². The fourth-order valence-corrected chi connectivity index (χ4v) is 9.08. The molecule has 3 nitrogen and oxygen atoms in total. The van der Waals surface area contributed by atoms with Crippen molar-refractivity contribution in [2.75, 3.05) is 4.90 Å². The molecule has 3 heteroatoms. The Morgan fingerprint density at radius 3 is 1.56 bits per heavy atom. The topological polar surface area (TPSA) is 29.5 Å². The number of hydrogen-bond donors (Lipinski definition) is 0. The molecule has 0 aliphatic heterocycles. The maximum absolute atomic E-state index is 6.45. The predicted molar refractivity (Wildman–Crippen MR) is 247 cm³/mol. The predicted octanol–water partition coefficient (Wildman–Crippen LogP) is 16.3. The fourth-order valence-electron chi connectivity index (χ4n) is 9.08. The molecule has 10 aromatic carbocycles. The summed E-state index contributed by atoms with van der Waals surface area (Å²) >= 11 is 0. The first-order chi connectivity index (χ1) is 29.2. The van der Waals surface area contributed by atoms with Gasteiger partial charge in [-0.15, -0.1) is 0 Å². The molecule has 0 bridgehead atoms. The van der Waals surface area contributed by atoms with E-state index in [2.05, 4.69) is 193 Å². The summed E-state index contributed by atoms with van der Waals surface area (Å²) in [5.41, 5.74) is 13.8. The number of para-hydroxylation sites is 3. The average molecular weight is 754 g/mol. The maximum atomic E-state index is 6.45. The lowest BCUT2D eigenvalue weighted by Gasteiger charge is -2.28. The van der Waals surface area contributed by atoms with E-state index in [1.807, 2.05) is 24.3 Å². The summed E-state index contributed by atoms with van der Waals surface area (Å²) in [6, 6.07) is 75.9. The van der Waals surface area contributed by atoms with Gasteiger partial charge < -0.3 is 13.7 Å². The molecule has 0 radical (unpaired) electrons. The van der Waals surface area contributed by atoms with Crippen LogP contribution in [-0.4, -0.2) is 0 Å². The minimum atomic E-state index is 0.897. The number of rotatable bonds is 6. The molecular weight excluding hydrogens is 719 g/mol. The Morgan fingerprint density at radius 1 is 0.288 bits per heavy atom. The zero-order chi connectivity index (χ0) is 38.9. The summed E-state index contributed by atoms with van der Waals surface area (Å²) in [4.78, 5) is 2.39. The highest BCUT2D eigenvalue weighted by Crippen LogP contribution is 2.44. The van der Waals surface area contributed by atoms with Crippen molar-refractivity contribution >= 4 is 82.5 Å². The average Bonchev–Trinajstić information content (AvgIpc) is 3.88. The third-order valence-corrected chi connectivity index (χ3v) is 11.9. The van der Waals surface area contributed by atoms with Gasteiger partial charge in [0, 0.05) is 43.9 Å². The molecule has 0 aliphatic rings. The summed E-state index contributed by atoms with van der Waals surface area (Å²) in [7, 11) is 0. The number of nitrogens with zero attached hydrogens (tertiary/aromatic N) is 1. The van der Waals surface area contributed by atoms with Gasteiger partial charge in [-0.1, -0.05) is 158 Å². The minimum absolute atomic E-state index is 0.897. The molecule has 0 aliphatic carbocycles. The summed E-state index contributed by atoms with van der Waals surface area (Å²) in [6.07, 6.45) is 0. The molecule has 0 spiro atoms. The van der Waals surface area contributed by atoms with E-state index < -0.39 is 0 Å². The molecule has 12 aromatic rings. The van der Waals surface area contributed by atoms with Crippen LogP contribution >= 0.6 is 0 Å². The molecule has 0 atom stereocenters. The van der Waals surface area contributed by atoms with Crippen LogP contribution in [0.3, 0.4) is 0 Å². The van der Waals surface area contributed by atoms with Gasteiger partial charge in [-0.3, -0.25) is 0 Å². The molecule has 0 saturated carbocycles.